The Morgan fingerprint density at radius 2 is 1.57 bits per heavy atom. The molecule has 1 fully saturated rings. The maximum absolute atomic E-state index is 13.5. The first-order valence-corrected chi connectivity index (χ1v) is 14.6. The normalized spacial score (nSPS) is 13.5. The summed E-state index contributed by atoms with van der Waals surface area (Å²) in [5.41, 5.74) is 2.00. The number of amides is 2. The zero-order chi connectivity index (χ0) is 32.8. The van der Waals surface area contributed by atoms with E-state index >= 15 is 0 Å². The number of nitrogens with one attached hydrogen (secondary N) is 2. The van der Waals surface area contributed by atoms with Crippen LogP contribution in [0.2, 0.25) is 0 Å². The van der Waals surface area contributed by atoms with Crippen LogP contribution < -0.4 is 29.7 Å². The molecule has 3 aromatic carbocycles. The Bertz CT molecular complexity index is 1770. The van der Waals surface area contributed by atoms with Gasteiger partial charge in [-0.2, -0.15) is 13.2 Å². The molecule has 2 N–H and O–H groups in total. The van der Waals surface area contributed by atoms with E-state index in [0.717, 1.165) is 44.5 Å². The zero-order valence-electron chi connectivity index (χ0n) is 25.5. The Kier molecular flexibility index (Phi) is 9.64. The number of carbonyl (C=O) groups excluding carboxylic acids is 2. The minimum Gasteiger partial charge on any atom is -0.493 e. The van der Waals surface area contributed by atoms with Crippen molar-refractivity contribution in [3.05, 3.63) is 83.6 Å². The lowest BCUT2D eigenvalue weighted by molar-refractivity contribution is -0.137. The maximum atomic E-state index is 13.5. The number of piperidine rings is 1. The van der Waals surface area contributed by atoms with Gasteiger partial charge in [0.05, 0.1) is 43.8 Å². The standard InChI is InChI=1S/C34H33F3N4O5/c1-44-30-16-14-27(31(45-2)32(30)46-3)40-33(43)39-23-10-7-21(8-11-23)29(42)15-12-24-20-28(41-17-5-4-6-18-41)25-19-22(34(35,36)37)9-13-26(25)38-24/h7-16,19-20H,4-6,17-18H2,1-3H3,(H2,39,40,43)/b15-12+. The third-order valence-corrected chi connectivity index (χ3v) is 7.62. The van der Waals surface area contributed by atoms with E-state index in [0.29, 0.717) is 56.5 Å². The Labute approximate surface area is 264 Å². The second-order valence-corrected chi connectivity index (χ2v) is 10.6. The number of halogens is 3. The number of rotatable bonds is 9. The van der Waals surface area contributed by atoms with Crippen LogP contribution in [-0.2, 0) is 6.18 Å². The highest BCUT2D eigenvalue weighted by atomic mass is 19.4. The molecule has 9 nitrogen and oxygen atoms in total. The largest absolute Gasteiger partial charge is 0.493 e. The van der Waals surface area contributed by atoms with Gasteiger partial charge in [-0.05, 0) is 92.1 Å². The first-order chi connectivity index (χ1) is 22.1. The van der Waals surface area contributed by atoms with Crippen molar-refractivity contribution in [2.75, 3.05) is 50.0 Å². The number of urea groups is 1. The first kappa shape index (κ1) is 32.1. The number of ketones is 1. The van der Waals surface area contributed by atoms with Crippen LogP contribution in [0.1, 0.15) is 40.9 Å². The Morgan fingerprint density at radius 3 is 2.22 bits per heavy atom. The number of hydrogen-bond acceptors (Lipinski definition) is 7. The molecule has 12 heteroatoms. The van der Waals surface area contributed by atoms with Crippen molar-refractivity contribution < 1.29 is 37.0 Å². The minimum absolute atomic E-state index is 0.291. The van der Waals surface area contributed by atoms with Crippen molar-refractivity contribution in [2.24, 2.45) is 0 Å². The van der Waals surface area contributed by atoms with E-state index in [4.69, 9.17) is 14.2 Å². The third-order valence-electron chi connectivity index (χ3n) is 7.62. The quantitative estimate of drug-likeness (QED) is 0.143. The molecule has 1 aromatic heterocycles. The molecule has 0 bridgehead atoms. The number of methoxy groups -OCH3 is 3. The molecule has 1 aliphatic rings. The van der Waals surface area contributed by atoms with Gasteiger partial charge in [-0.15, -0.1) is 0 Å². The number of allylic oxidation sites excluding steroid dienone is 1. The lowest BCUT2D eigenvalue weighted by atomic mass is 10.0. The molecule has 0 unspecified atom stereocenters. The number of benzene rings is 3. The van der Waals surface area contributed by atoms with E-state index in [1.807, 2.05) is 0 Å². The fraction of sp³-hybridized carbons (Fsp3) is 0.265. The number of pyridine rings is 1. The molecule has 1 saturated heterocycles. The summed E-state index contributed by atoms with van der Waals surface area (Å²) in [5, 5.41) is 5.84. The van der Waals surface area contributed by atoms with Gasteiger partial charge in [-0.1, -0.05) is 0 Å². The van der Waals surface area contributed by atoms with E-state index < -0.39 is 17.8 Å². The summed E-state index contributed by atoms with van der Waals surface area (Å²) in [6, 6.07) is 14.3. The molecule has 0 saturated carbocycles. The van der Waals surface area contributed by atoms with Crippen molar-refractivity contribution in [1.29, 1.82) is 0 Å². The summed E-state index contributed by atoms with van der Waals surface area (Å²) in [6.45, 7) is 1.47. The van der Waals surface area contributed by atoms with Crippen LogP contribution in [0.4, 0.5) is 35.0 Å². The van der Waals surface area contributed by atoms with Crippen LogP contribution in [-0.4, -0.2) is 51.2 Å². The van der Waals surface area contributed by atoms with Crippen LogP contribution in [0.25, 0.3) is 17.0 Å². The molecule has 1 aliphatic heterocycles. The van der Waals surface area contributed by atoms with Crippen molar-refractivity contribution in [3.8, 4) is 17.2 Å². The molecule has 0 atom stereocenters. The van der Waals surface area contributed by atoms with E-state index in [-0.39, 0.29) is 5.78 Å². The van der Waals surface area contributed by atoms with Crippen molar-refractivity contribution in [1.82, 2.24) is 4.98 Å². The third kappa shape index (κ3) is 7.17. The average Bonchev–Trinajstić information content (AvgIpc) is 3.06. The van der Waals surface area contributed by atoms with Crippen LogP contribution in [0.5, 0.6) is 17.2 Å². The van der Waals surface area contributed by atoms with E-state index in [1.165, 1.54) is 33.5 Å². The highest BCUT2D eigenvalue weighted by molar-refractivity contribution is 6.07. The van der Waals surface area contributed by atoms with Gasteiger partial charge in [0.25, 0.3) is 0 Å². The smallest absolute Gasteiger partial charge is 0.416 e. The lowest BCUT2D eigenvalue weighted by Crippen LogP contribution is -2.29. The number of carbonyl (C=O) groups is 2. The van der Waals surface area contributed by atoms with Gasteiger partial charge in [0.15, 0.2) is 17.3 Å². The molecule has 0 aliphatic carbocycles. The molecular formula is C34H33F3N4O5. The average molecular weight is 635 g/mol. The molecule has 4 aromatic rings. The molecule has 2 amide bonds. The van der Waals surface area contributed by atoms with Gasteiger partial charge in [0.1, 0.15) is 0 Å². The molecule has 0 spiro atoms. The van der Waals surface area contributed by atoms with Crippen molar-refractivity contribution in [2.45, 2.75) is 25.4 Å². The van der Waals surface area contributed by atoms with Crippen LogP contribution in [0.15, 0.2) is 66.7 Å². The first-order valence-electron chi connectivity index (χ1n) is 14.6. The molecular weight excluding hydrogens is 601 g/mol. The number of fused-ring (bicyclic) bond motifs is 1. The van der Waals surface area contributed by atoms with E-state index in [2.05, 4.69) is 20.5 Å². The minimum atomic E-state index is -4.47. The van der Waals surface area contributed by atoms with Crippen LogP contribution in [0, 0.1) is 0 Å². The highest BCUT2D eigenvalue weighted by Crippen LogP contribution is 2.42. The van der Waals surface area contributed by atoms with Gasteiger partial charge in [-0.25, -0.2) is 9.78 Å². The number of ether oxygens (including phenoxy) is 3. The summed E-state index contributed by atoms with van der Waals surface area (Å²) in [7, 11) is 4.40. The van der Waals surface area contributed by atoms with Gasteiger partial charge in [0, 0.05) is 35.4 Å². The molecule has 240 valence electrons. The van der Waals surface area contributed by atoms with E-state index in [9.17, 15) is 22.8 Å². The predicted octanol–water partition coefficient (Wildman–Crippen LogP) is 7.81. The topological polar surface area (TPSA) is 102 Å². The fourth-order valence-electron chi connectivity index (χ4n) is 5.35. The number of hydrogen-bond donors (Lipinski definition) is 2. The molecule has 46 heavy (non-hydrogen) atoms. The SMILES string of the molecule is COc1ccc(NC(=O)Nc2ccc(C(=O)/C=C/c3cc(N4CCCCC4)c4cc(C(F)(F)F)ccc4n3)cc2)c(OC)c1OC. The van der Waals surface area contributed by atoms with Gasteiger partial charge >= 0.3 is 12.2 Å². The van der Waals surface area contributed by atoms with E-state index in [1.54, 1.807) is 48.5 Å². The van der Waals surface area contributed by atoms with Gasteiger partial charge in [-0.3, -0.25) is 4.79 Å². The van der Waals surface area contributed by atoms with Crippen LogP contribution in [0.3, 0.4) is 0 Å². The Morgan fingerprint density at radius 1 is 0.848 bits per heavy atom. The van der Waals surface area contributed by atoms with Crippen molar-refractivity contribution >= 4 is 45.9 Å². The lowest BCUT2D eigenvalue weighted by Gasteiger charge is -2.30. The summed E-state index contributed by atoms with van der Waals surface area (Å²) < 4.78 is 56.4. The summed E-state index contributed by atoms with van der Waals surface area (Å²) in [4.78, 5) is 32.3. The van der Waals surface area contributed by atoms with Gasteiger partial charge < -0.3 is 29.7 Å². The second kappa shape index (κ2) is 13.8. The number of aromatic nitrogens is 1. The Balaban J connectivity index is 1.30. The number of alkyl halides is 3. The zero-order valence-corrected chi connectivity index (χ0v) is 25.5. The second-order valence-electron chi connectivity index (χ2n) is 10.6. The fourth-order valence-corrected chi connectivity index (χ4v) is 5.35. The van der Waals surface area contributed by atoms with Crippen molar-refractivity contribution in [3.63, 3.8) is 0 Å². The van der Waals surface area contributed by atoms with Gasteiger partial charge in [0.2, 0.25) is 5.75 Å². The Hall–Kier alpha value is -5.26. The predicted molar refractivity (Wildman–Crippen MR) is 171 cm³/mol. The molecule has 0 radical (unpaired) electrons. The summed E-state index contributed by atoms with van der Waals surface area (Å²) >= 11 is 0. The molecule has 5 rings (SSSR count). The van der Waals surface area contributed by atoms with Crippen LogP contribution >= 0.6 is 0 Å². The summed E-state index contributed by atoms with van der Waals surface area (Å²) in [6.07, 6.45) is 1.43. The number of nitrogens with zero attached hydrogens (tertiary/aromatic N) is 2. The number of anilines is 3. The maximum Gasteiger partial charge on any atom is 0.416 e. The molecule has 2 heterocycles. The summed E-state index contributed by atoms with van der Waals surface area (Å²) in [5.74, 6) is 0.758. The highest BCUT2D eigenvalue weighted by Gasteiger charge is 2.31. The monoisotopic (exact) mass is 634 g/mol.